The first-order valence-electron chi connectivity index (χ1n) is 10.9. The second-order valence-electron chi connectivity index (χ2n) is 9.65. The first kappa shape index (κ1) is 21.0. The number of allylic oxidation sites excluding steroid dienone is 2. The van der Waals surface area contributed by atoms with Gasteiger partial charge in [-0.15, -0.1) is 0 Å². The molecule has 0 bridgehead atoms. The van der Waals surface area contributed by atoms with E-state index in [0.717, 1.165) is 25.7 Å². The topological polar surface area (TPSA) is 53.5 Å². The van der Waals surface area contributed by atoms with E-state index in [9.17, 15) is 5.11 Å². The van der Waals surface area contributed by atoms with Crippen LogP contribution in [0.3, 0.4) is 0 Å². The van der Waals surface area contributed by atoms with Gasteiger partial charge in [-0.3, -0.25) is 5.32 Å². The highest BCUT2D eigenvalue weighted by molar-refractivity contribution is 5.36. The first-order chi connectivity index (χ1) is 12.8. The van der Waals surface area contributed by atoms with Gasteiger partial charge in [0.05, 0.1) is 6.10 Å². The molecule has 1 saturated heterocycles. The Morgan fingerprint density at radius 2 is 1.93 bits per heavy atom. The van der Waals surface area contributed by atoms with Gasteiger partial charge in [-0.05, 0) is 67.9 Å². The number of fused-ring (bicyclic) bond motifs is 1. The molecule has 154 valence electrons. The lowest BCUT2D eigenvalue weighted by atomic mass is 9.74. The van der Waals surface area contributed by atoms with Crippen LogP contribution in [0.5, 0.6) is 0 Å². The molecule has 4 heteroatoms. The fraction of sp³-hybridized carbons (Fsp3) is 0.826. The van der Waals surface area contributed by atoms with Gasteiger partial charge in [0.25, 0.3) is 0 Å². The Kier molecular flexibility index (Phi) is 6.83. The average Bonchev–Trinajstić information content (AvgIpc) is 2.90. The Bertz CT molecular complexity index is 581. The zero-order chi connectivity index (χ0) is 19.7. The molecule has 1 saturated carbocycles. The third-order valence-electron chi connectivity index (χ3n) is 7.02. The summed E-state index contributed by atoms with van der Waals surface area (Å²) in [6, 6.07) is 1.48. The summed E-state index contributed by atoms with van der Waals surface area (Å²) in [5.41, 5.74) is 4.08. The minimum atomic E-state index is -0.490. The second kappa shape index (κ2) is 8.77. The van der Waals surface area contributed by atoms with Crippen molar-refractivity contribution in [2.45, 2.75) is 97.2 Å². The van der Waals surface area contributed by atoms with Gasteiger partial charge in [-0.25, -0.2) is 0 Å². The summed E-state index contributed by atoms with van der Waals surface area (Å²) in [4.78, 5) is 0. The van der Waals surface area contributed by atoms with Crippen LogP contribution in [0, 0.1) is 17.8 Å². The molecule has 0 radical (unpaired) electrons. The van der Waals surface area contributed by atoms with Crippen LogP contribution in [0.25, 0.3) is 0 Å². The van der Waals surface area contributed by atoms with Gasteiger partial charge in [-0.2, -0.15) is 0 Å². The molecule has 0 aromatic carbocycles. The Labute approximate surface area is 165 Å². The van der Waals surface area contributed by atoms with E-state index < -0.39 is 6.23 Å². The van der Waals surface area contributed by atoms with Gasteiger partial charge < -0.3 is 15.2 Å². The van der Waals surface area contributed by atoms with Crippen LogP contribution in [0.15, 0.2) is 22.8 Å². The first-order valence-corrected chi connectivity index (χ1v) is 10.9. The highest BCUT2D eigenvalue weighted by atomic mass is 16.5. The molecule has 3 N–H and O–H groups in total. The fourth-order valence-electron chi connectivity index (χ4n) is 5.51. The van der Waals surface area contributed by atoms with Crippen LogP contribution in [-0.4, -0.2) is 42.7 Å². The van der Waals surface area contributed by atoms with Crippen LogP contribution in [-0.2, 0) is 4.74 Å². The monoisotopic (exact) mass is 376 g/mol. The normalized spacial score (nSPS) is 38.9. The molecule has 1 heterocycles. The maximum absolute atomic E-state index is 10.7. The standard InChI is InChI=1S/C23H40N2O2/c1-13(2)19-10-16(15(5)9-22(19)27-6)11-20-18-8-7-17(24-14(3)4)12-21(18)25-23(20)26/h11,13-14,17-19,21-26H,7-10,12H2,1-6H3/b20-11+. The Morgan fingerprint density at radius 1 is 1.19 bits per heavy atom. The number of aliphatic hydroxyl groups excluding tert-OH is 1. The molecule has 0 amide bonds. The van der Waals surface area contributed by atoms with Crippen molar-refractivity contribution in [3.63, 3.8) is 0 Å². The van der Waals surface area contributed by atoms with Crippen LogP contribution in [0.2, 0.25) is 0 Å². The van der Waals surface area contributed by atoms with E-state index in [0.29, 0.717) is 42.0 Å². The van der Waals surface area contributed by atoms with Gasteiger partial charge in [0.2, 0.25) is 0 Å². The van der Waals surface area contributed by atoms with E-state index in [-0.39, 0.29) is 0 Å². The number of ether oxygens (including phenoxy) is 1. The maximum atomic E-state index is 10.7. The molecule has 3 rings (SSSR count). The molecule has 2 aliphatic carbocycles. The van der Waals surface area contributed by atoms with Gasteiger partial charge in [0.15, 0.2) is 0 Å². The van der Waals surface area contributed by atoms with E-state index in [4.69, 9.17) is 4.74 Å². The van der Waals surface area contributed by atoms with Gasteiger partial charge in [0.1, 0.15) is 6.23 Å². The van der Waals surface area contributed by atoms with Crippen molar-refractivity contribution in [2.75, 3.05) is 7.11 Å². The zero-order valence-corrected chi connectivity index (χ0v) is 18.1. The molecule has 2 fully saturated rings. The third kappa shape index (κ3) is 4.67. The minimum absolute atomic E-state index is 0.323. The Balaban J connectivity index is 1.76. The van der Waals surface area contributed by atoms with Crippen molar-refractivity contribution in [3.8, 4) is 0 Å². The number of hydrogen-bond donors (Lipinski definition) is 3. The van der Waals surface area contributed by atoms with Crippen molar-refractivity contribution in [3.05, 3.63) is 22.8 Å². The summed E-state index contributed by atoms with van der Waals surface area (Å²) in [6.45, 7) is 11.3. The van der Waals surface area contributed by atoms with E-state index in [2.05, 4.69) is 51.3 Å². The summed E-state index contributed by atoms with van der Waals surface area (Å²) in [5.74, 6) is 1.63. The molecule has 6 atom stereocenters. The number of hydrogen-bond acceptors (Lipinski definition) is 4. The fourth-order valence-corrected chi connectivity index (χ4v) is 5.51. The summed E-state index contributed by atoms with van der Waals surface area (Å²) in [5, 5.41) is 17.9. The maximum Gasteiger partial charge on any atom is 0.127 e. The molecule has 27 heavy (non-hydrogen) atoms. The van der Waals surface area contributed by atoms with Crippen molar-refractivity contribution >= 4 is 0 Å². The quantitative estimate of drug-likeness (QED) is 0.684. The van der Waals surface area contributed by atoms with Crippen molar-refractivity contribution < 1.29 is 9.84 Å². The van der Waals surface area contributed by atoms with Crippen LogP contribution < -0.4 is 10.6 Å². The summed E-state index contributed by atoms with van der Waals surface area (Å²) < 4.78 is 5.78. The number of rotatable bonds is 5. The van der Waals surface area contributed by atoms with Crippen LogP contribution in [0.1, 0.15) is 66.7 Å². The summed E-state index contributed by atoms with van der Waals surface area (Å²) >= 11 is 0. The summed E-state index contributed by atoms with van der Waals surface area (Å²) in [6.07, 6.45) is 7.71. The molecular formula is C23H40N2O2. The summed E-state index contributed by atoms with van der Waals surface area (Å²) in [7, 11) is 1.84. The molecule has 0 aromatic rings. The third-order valence-corrected chi connectivity index (χ3v) is 7.02. The molecule has 3 aliphatic rings. The van der Waals surface area contributed by atoms with Crippen LogP contribution in [0.4, 0.5) is 0 Å². The van der Waals surface area contributed by atoms with Gasteiger partial charge in [0, 0.05) is 25.2 Å². The largest absolute Gasteiger partial charge is 0.381 e. The zero-order valence-electron chi connectivity index (χ0n) is 18.1. The number of methoxy groups -OCH3 is 1. The lowest BCUT2D eigenvalue weighted by molar-refractivity contribution is 0.0282. The van der Waals surface area contributed by atoms with Crippen molar-refractivity contribution in [1.82, 2.24) is 10.6 Å². The Morgan fingerprint density at radius 3 is 2.56 bits per heavy atom. The molecule has 0 aromatic heterocycles. The number of aliphatic hydroxyl groups is 1. The van der Waals surface area contributed by atoms with Gasteiger partial charge in [-0.1, -0.05) is 39.3 Å². The minimum Gasteiger partial charge on any atom is -0.381 e. The average molecular weight is 377 g/mol. The van der Waals surface area contributed by atoms with E-state index in [1.54, 1.807) is 0 Å². The molecule has 6 unspecified atom stereocenters. The molecule has 1 aliphatic heterocycles. The smallest absolute Gasteiger partial charge is 0.127 e. The van der Waals surface area contributed by atoms with Crippen molar-refractivity contribution in [2.24, 2.45) is 17.8 Å². The van der Waals surface area contributed by atoms with E-state index >= 15 is 0 Å². The highest BCUT2D eigenvalue weighted by Gasteiger charge is 2.41. The highest BCUT2D eigenvalue weighted by Crippen LogP contribution is 2.41. The molecular weight excluding hydrogens is 336 g/mol. The van der Waals surface area contributed by atoms with E-state index in [1.807, 2.05) is 7.11 Å². The van der Waals surface area contributed by atoms with Crippen LogP contribution >= 0.6 is 0 Å². The molecule has 0 spiro atoms. The van der Waals surface area contributed by atoms with Gasteiger partial charge >= 0.3 is 0 Å². The molecule has 4 nitrogen and oxygen atoms in total. The second-order valence-corrected chi connectivity index (χ2v) is 9.65. The van der Waals surface area contributed by atoms with E-state index in [1.165, 1.54) is 23.1 Å². The Hall–Kier alpha value is -0.680. The predicted molar refractivity (Wildman–Crippen MR) is 111 cm³/mol. The lowest BCUT2D eigenvalue weighted by Gasteiger charge is -2.36. The lowest BCUT2D eigenvalue weighted by Crippen LogP contribution is -2.45. The number of nitrogens with one attached hydrogen (secondary N) is 2. The van der Waals surface area contributed by atoms with Crippen molar-refractivity contribution in [1.29, 1.82) is 0 Å². The SMILES string of the molecule is COC1CC(C)=C(/C=C2/C(O)NC3CC(NC(C)C)CCC23)CC1C(C)C. The predicted octanol–water partition coefficient (Wildman–Crippen LogP) is 3.77.